The number of carboxylic acids is 2. The Hall–Kier alpha value is -2.99. The number of nitrogens with one attached hydrogen (secondary N) is 1. The Morgan fingerprint density at radius 1 is 1.10 bits per heavy atom. The van der Waals surface area contributed by atoms with E-state index in [-0.39, 0.29) is 48.2 Å². The molecule has 0 aromatic heterocycles. The lowest BCUT2D eigenvalue weighted by atomic mass is 9.86. The van der Waals surface area contributed by atoms with Gasteiger partial charge in [0, 0.05) is 48.8 Å². The largest absolute Gasteiger partial charge is 0.478 e. The number of aliphatic hydroxyl groups excluding tert-OH is 1. The van der Waals surface area contributed by atoms with Crippen LogP contribution >= 0.6 is 11.6 Å². The molecule has 224 valence electrons. The Labute approximate surface area is 241 Å². The molecule has 0 aliphatic carbocycles. The fourth-order valence-corrected chi connectivity index (χ4v) is 4.50. The monoisotopic (exact) mass is 582 g/mol. The third kappa shape index (κ3) is 11.2. The summed E-state index contributed by atoms with van der Waals surface area (Å²) in [6.07, 6.45) is 0.545. The number of amides is 2. The summed E-state index contributed by atoms with van der Waals surface area (Å²) in [5, 5.41) is 29.9. The first-order valence-corrected chi connectivity index (χ1v) is 13.5. The second-order valence-corrected chi connectivity index (χ2v) is 11.5. The molecule has 1 saturated heterocycles. The van der Waals surface area contributed by atoms with Gasteiger partial charge in [0.2, 0.25) is 11.8 Å². The maximum Gasteiger partial charge on any atom is 0.328 e. The van der Waals surface area contributed by atoms with Gasteiger partial charge in [0.1, 0.15) is 0 Å². The smallest absolute Gasteiger partial charge is 0.328 e. The molecule has 6 N–H and O–H groups in total. The number of carboxylic acid groups (broad SMARTS) is 2. The van der Waals surface area contributed by atoms with Crippen LogP contribution < -0.4 is 16.0 Å². The summed E-state index contributed by atoms with van der Waals surface area (Å²) in [6.45, 7) is 12.9. The molecule has 0 saturated carbocycles. The van der Waals surface area contributed by atoms with Crippen molar-refractivity contribution in [1.82, 2.24) is 10.2 Å². The molecule has 1 heterocycles. The Morgan fingerprint density at radius 2 is 1.65 bits per heavy atom. The summed E-state index contributed by atoms with van der Waals surface area (Å²) in [5.74, 6) is -2.89. The topological polar surface area (TPSA) is 173 Å². The van der Waals surface area contributed by atoms with E-state index in [9.17, 15) is 24.3 Å². The molecule has 1 aliphatic heterocycles. The molecular formula is C28H43ClN4O7. The third-order valence-corrected chi connectivity index (χ3v) is 6.85. The van der Waals surface area contributed by atoms with Gasteiger partial charge in [-0.05, 0) is 52.2 Å². The number of hydrogen-bond donors (Lipinski definition) is 5. The van der Waals surface area contributed by atoms with E-state index in [1.807, 2.05) is 50.8 Å². The first-order chi connectivity index (χ1) is 18.5. The lowest BCUT2D eigenvalue weighted by Gasteiger charge is -2.47. The molecule has 1 aliphatic rings. The van der Waals surface area contributed by atoms with Gasteiger partial charge in [-0.25, -0.2) is 9.59 Å². The number of halogens is 1. The SMILES string of the molecule is CC(C)NC(=O)[C@@H](C[C@H](O)[C@@H](N)CN1CC(=O)N(c2ccccc2Cl)CC1(C)C)C(C)C.O=C(O)C=CC(=O)O. The number of aliphatic hydroxyl groups is 1. The number of para-hydroxylation sites is 1. The van der Waals surface area contributed by atoms with Gasteiger partial charge in [0.25, 0.3) is 0 Å². The van der Waals surface area contributed by atoms with E-state index in [4.69, 9.17) is 27.5 Å². The van der Waals surface area contributed by atoms with Crippen molar-refractivity contribution in [3.8, 4) is 0 Å². The fraction of sp³-hybridized carbons (Fsp3) is 0.571. The number of nitrogens with zero attached hydrogens (tertiary/aromatic N) is 2. The molecule has 1 aromatic carbocycles. The van der Waals surface area contributed by atoms with Gasteiger partial charge in [-0.2, -0.15) is 0 Å². The van der Waals surface area contributed by atoms with Crippen molar-refractivity contribution in [3.63, 3.8) is 0 Å². The minimum Gasteiger partial charge on any atom is -0.478 e. The molecule has 1 aromatic rings. The van der Waals surface area contributed by atoms with E-state index in [0.29, 0.717) is 36.0 Å². The molecule has 0 unspecified atom stereocenters. The Kier molecular flexibility index (Phi) is 13.8. The number of nitrogens with two attached hydrogens (primary N) is 1. The zero-order valence-electron chi connectivity index (χ0n) is 24.0. The zero-order valence-corrected chi connectivity index (χ0v) is 24.8. The number of hydrogen-bond acceptors (Lipinski definition) is 7. The number of rotatable bonds is 11. The van der Waals surface area contributed by atoms with Gasteiger partial charge in [-0.1, -0.05) is 37.6 Å². The van der Waals surface area contributed by atoms with Gasteiger partial charge < -0.3 is 31.3 Å². The van der Waals surface area contributed by atoms with Crippen LogP contribution in [0.3, 0.4) is 0 Å². The van der Waals surface area contributed by atoms with Crippen molar-refractivity contribution in [2.75, 3.05) is 24.5 Å². The summed E-state index contributed by atoms with van der Waals surface area (Å²) in [6, 6.07) is 6.77. The molecule has 0 bridgehead atoms. The predicted molar refractivity (Wildman–Crippen MR) is 154 cm³/mol. The molecule has 3 atom stereocenters. The van der Waals surface area contributed by atoms with Gasteiger partial charge in [0.05, 0.1) is 23.4 Å². The van der Waals surface area contributed by atoms with Crippen LogP contribution in [0.5, 0.6) is 0 Å². The average molecular weight is 583 g/mol. The molecular weight excluding hydrogens is 540 g/mol. The molecule has 2 amide bonds. The third-order valence-electron chi connectivity index (χ3n) is 6.53. The second kappa shape index (κ2) is 15.7. The van der Waals surface area contributed by atoms with E-state index < -0.39 is 24.1 Å². The average Bonchev–Trinajstić information content (AvgIpc) is 2.83. The zero-order chi connectivity index (χ0) is 30.8. The van der Waals surface area contributed by atoms with Crippen molar-refractivity contribution < 1.29 is 34.5 Å². The summed E-state index contributed by atoms with van der Waals surface area (Å²) < 4.78 is 0. The van der Waals surface area contributed by atoms with E-state index in [0.717, 1.165) is 0 Å². The molecule has 2 rings (SSSR count). The van der Waals surface area contributed by atoms with Crippen LogP contribution in [0.2, 0.25) is 5.02 Å². The number of benzene rings is 1. The number of anilines is 1. The van der Waals surface area contributed by atoms with Gasteiger partial charge in [-0.15, -0.1) is 0 Å². The molecule has 0 radical (unpaired) electrons. The normalized spacial score (nSPS) is 17.8. The highest BCUT2D eigenvalue weighted by molar-refractivity contribution is 6.33. The Balaban J connectivity index is 0.000000869. The number of carbonyl (C=O) groups is 4. The minimum absolute atomic E-state index is 0.0378. The lowest BCUT2D eigenvalue weighted by Crippen LogP contribution is -2.64. The minimum atomic E-state index is -1.26. The quantitative estimate of drug-likeness (QED) is 0.245. The highest BCUT2D eigenvalue weighted by Crippen LogP contribution is 2.31. The van der Waals surface area contributed by atoms with Crippen molar-refractivity contribution in [2.24, 2.45) is 17.6 Å². The fourth-order valence-electron chi connectivity index (χ4n) is 4.27. The van der Waals surface area contributed by atoms with E-state index in [1.54, 1.807) is 11.0 Å². The first-order valence-electron chi connectivity index (χ1n) is 13.1. The number of carbonyl (C=O) groups excluding carboxylic acids is 2. The van der Waals surface area contributed by atoms with Gasteiger partial charge in [-0.3, -0.25) is 14.5 Å². The first kappa shape index (κ1) is 35.0. The van der Waals surface area contributed by atoms with Crippen LogP contribution in [0.25, 0.3) is 0 Å². The number of aliphatic carboxylic acids is 2. The summed E-state index contributed by atoms with van der Waals surface area (Å²) in [5.41, 5.74) is 6.70. The molecule has 40 heavy (non-hydrogen) atoms. The van der Waals surface area contributed by atoms with E-state index in [1.165, 1.54) is 0 Å². The molecule has 0 spiro atoms. The standard InChI is InChI=1S/C24H39ClN4O3.C4H4O4/c1-15(2)17(23(32)27-16(3)4)11-21(30)19(26)12-28-13-22(31)29(14-24(28,5)6)20-10-8-7-9-18(20)25;5-3(6)1-2-4(7)8/h7-10,15-17,19,21,30H,11-14,26H2,1-6H3,(H,27,32);1-2H,(H,5,6)(H,7,8)/t17-,19-,21-;/m0./s1. The van der Waals surface area contributed by atoms with Crippen LogP contribution in [0.15, 0.2) is 36.4 Å². The van der Waals surface area contributed by atoms with Crippen molar-refractivity contribution in [1.29, 1.82) is 0 Å². The summed E-state index contributed by atoms with van der Waals surface area (Å²) in [7, 11) is 0. The molecule has 11 nitrogen and oxygen atoms in total. The molecule has 12 heteroatoms. The molecule has 1 fully saturated rings. The van der Waals surface area contributed by atoms with Gasteiger partial charge >= 0.3 is 11.9 Å². The van der Waals surface area contributed by atoms with Crippen LogP contribution in [0, 0.1) is 11.8 Å². The van der Waals surface area contributed by atoms with Crippen LogP contribution in [-0.2, 0) is 19.2 Å². The van der Waals surface area contributed by atoms with E-state index >= 15 is 0 Å². The predicted octanol–water partition coefficient (Wildman–Crippen LogP) is 2.35. The highest BCUT2D eigenvalue weighted by atomic mass is 35.5. The summed E-state index contributed by atoms with van der Waals surface area (Å²) in [4.78, 5) is 48.3. The van der Waals surface area contributed by atoms with Crippen molar-refractivity contribution in [2.45, 2.75) is 71.7 Å². The Bertz CT molecular complexity index is 1040. The maximum atomic E-state index is 12.9. The Morgan fingerprint density at radius 3 is 2.12 bits per heavy atom. The maximum absolute atomic E-state index is 12.9. The van der Waals surface area contributed by atoms with Crippen molar-refractivity contribution in [3.05, 3.63) is 41.4 Å². The highest BCUT2D eigenvalue weighted by Gasteiger charge is 2.40. The lowest BCUT2D eigenvalue weighted by molar-refractivity contribution is -0.134. The van der Waals surface area contributed by atoms with E-state index in [2.05, 4.69) is 19.2 Å². The number of piperazine rings is 1. The van der Waals surface area contributed by atoms with Crippen molar-refractivity contribution >= 4 is 41.0 Å². The second-order valence-electron chi connectivity index (χ2n) is 11.1. The van der Waals surface area contributed by atoms with Crippen LogP contribution in [0.4, 0.5) is 5.69 Å². The summed E-state index contributed by atoms with van der Waals surface area (Å²) >= 11 is 6.32. The van der Waals surface area contributed by atoms with Gasteiger partial charge in [0.15, 0.2) is 0 Å². The van der Waals surface area contributed by atoms with Crippen LogP contribution in [-0.4, -0.2) is 87.3 Å². The van der Waals surface area contributed by atoms with Crippen LogP contribution in [0.1, 0.15) is 48.0 Å².